The lowest BCUT2D eigenvalue weighted by molar-refractivity contribution is 1.31. The van der Waals surface area contributed by atoms with Crippen molar-refractivity contribution in [3.8, 4) is 0 Å². The molecule has 0 aliphatic rings. The number of hydrogen-bond acceptors (Lipinski definition) is 1. The third-order valence-corrected chi connectivity index (χ3v) is 1.75. The standard InChI is InChI=1S/C9H12N2.ClH/c1-6-4-3-5-7(2)8(6)9(10)11;/h3-5H,1-2H3,(H3,10,11);1H. The number of hydrogen-bond donors (Lipinski definition) is 2. The van der Waals surface area contributed by atoms with Gasteiger partial charge in [0.2, 0.25) is 0 Å². The van der Waals surface area contributed by atoms with Crippen LogP contribution in [0.5, 0.6) is 0 Å². The molecule has 0 spiro atoms. The lowest BCUT2D eigenvalue weighted by atomic mass is 10.0. The molecule has 3 heteroatoms. The normalized spacial score (nSPS) is 8.83. The number of halogens is 1. The molecule has 0 amide bonds. The highest BCUT2D eigenvalue weighted by atomic mass is 35.5. The Kier molecular flexibility index (Phi) is 3.77. The molecule has 12 heavy (non-hydrogen) atoms. The number of nitrogen functional groups attached to an aromatic ring is 1. The van der Waals surface area contributed by atoms with Crippen molar-refractivity contribution in [3.63, 3.8) is 0 Å². The molecule has 1 aromatic rings. The molecule has 2 nitrogen and oxygen atoms in total. The van der Waals surface area contributed by atoms with E-state index in [9.17, 15) is 0 Å². The van der Waals surface area contributed by atoms with Gasteiger partial charge in [0.25, 0.3) is 0 Å². The van der Waals surface area contributed by atoms with Crippen LogP contribution in [0, 0.1) is 19.3 Å². The zero-order valence-electron chi connectivity index (χ0n) is 7.22. The minimum absolute atomic E-state index is 0. The molecule has 66 valence electrons. The number of rotatable bonds is 1. The molecule has 0 radical (unpaired) electrons. The summed E-state index contributed by atoms with van der Waals surface area (Å²) in [6.45, 7) is 3.92. The smallest absolute Gasteiger partial charge is 0.123 e. The van der Waals surface area contributed by atoms with Crippen LogP contribution in [0.1, 0.15) is 16.7 Å². The summed E-state index contributed by atoms with van der Waals surface area (Å²) in [5, 5.41) is 7.29. The minimum Gasteiger partial charge on any atom is -0.384 e. The fourth-order valence-corrected chi connectivity index (χ4v) is 1.24. The average molecular weight is 185 g/mol. The zero-order chi connectivity index (χ0) is 8.43. The van der Waals surface area contributed by atoms with Crippen LogP contribution in [0.25, 0.3) is 0 Å². The van der Waals surface area contributed by atoms with E-state index in [-0.39, 0.29) is 18.2 Å². The first-order valence-corrected chi connectivity index (χ1v) is 3.53. The van der Waals surface area contributed by atoms with Crippen molar-refractivity contribution in [2.24, 2.45) is 5.73 Å². The summed E-state index contributed by atoms with van der Waals surface area (Å²) in [7, 11) is 0. The number of nitrogens with one attached hydrogen (secondary N) is 1. The minimum atomic E-state index is 0. The highest BCUT2D eigenvalue weighted by Gasteiger charge is 2.02. The lowest BCUT2D eigenvalue weighted by Crippen LogP contribution is -2.14. The molecule has 3 N–H and O–H groups in total. The molecule has 0 unspecified atom stereocenters. The van der Waals surface area contributed by atoms with Crippen LogP contribution in [0.3, 0.4) is 0 Å². The molecule has 0 heterocycles. The lowest BCUT2D eigenvalue weighted by Gasteiger charge is -2.05. The second-order valence-electron chi connectivity index (χ2n) is 2.68. The topological polar surface area (TPSA) is 49.9 Å². The molecule has 0 fully saturated rings. The molecule has 0 saturated carbocycles. The Morgan fingerprint density at radius 2 is 1.67 bits per heavy atom. The second-order valence-corrected chi connectivity index (χ2v) is 2.68. The molecular weight excluding hydrogens is 172 g/mol. The van der Waals surface area contributed by atoms with E-state index in [0.29, 0.717) is 0 Å². The fourth-order valence-electron chi connectivity index (χ4n) is 1.24. The maximum Gasteiger partial charge on any atom is 0.123 e. The van der Waals surface area contributed by atoms with Gasteiger partial charge in [-0.05, 0) is 25.0 Å². The van der Waals surface area contributed by atoms with Gasteiger partial charge >= 0.3 is 0 Å². The summed E-state index contributed by atoms with van der Waals surface area (Å²) < 4.78 is 0. The predicted molar refractivity (Wildman–Crippen MR) is 54.2 cm³/mol. The molecule has 1 aromatic carbocycles. The Bertz CT molecular complexity index is 274. The van der Waals surface area contributed by atoms with Gasteiger partial charge in [-0.15, -0.1) is 12.4 Å². The zero-order valence-corrected chi connectivity index (χ0v) is 8.03. The van der Waals surface area contributed by atoms with Crippen molar-refractivity contribution < 1.29 is 0 Å². The Morgan fingerprint density at radius 3 is 1.92 bits per heavy atom. The molecule has 0 aliphatic carbocycles. The van der Waals surface area contributed by atoms with Crippen molar-refractivity contribution in [2.45, 2.75) is 13.8 Å². The first-order chi connectivity index (χ1) is 5.13. The molecular formula is C9H13ClN2. The van der Waals surface area contributed by atoms with Crippen LogP contribution in [0.4, 0.5) is 0 Å². The molecule has 0 saturated heterocycles. The molecule has 1 rings (SSSR count). The summed E-state index contributed by atoms with van der Waals surface area (Å²) in [6, 6.07) is 5.89. The Labute approximate surface area is 78.7 Å². The maximum absolute atomic E-state index is 7.29. The molecule has 0 aromatic heterocycles. The quantitative estimate of drug-likeness (QED) is 0.509. The van der Waals surface area contributed by atoms with E-state index in [4.69, 9.17) is 11.1 Å². The molecule has 0 bridgehead atoms. The monoisotopic (exact) mass is 184 g/mol. The van der Waals surface area contributed by atoms with E-state index in [1.54, 1.807) is 0 Å². The number of amidine groups is 1. The van der Waals surface area contributed by atoms with Gasteiger partial charge in [0, 0.05) is 5.56 Å². The number of aryl methyl sites for hydroxylation is 2. The first kappa shape index (κ1) is 11.0. The van der Waals surface area contributed by atoms with E-state index in [1.165, 1.54) is 0 Å². The molecule has 0 atom stereocenters. The van der Waals surface area contributed by atoms with E-state index in [2.05, 4.69) is 0 Å². The van der Waals surface area contributed by atoms with Crippen LogP contribution in [-0.4, -0.2) is 5.84 Å². The van der Waals surface area contributed by atoms with Gasteiger partial charge in [-0.2, -0.15) is 0 Å². The summed E-state index contributed by atoms with van der Waals surface area (Å²) >= 11 is 0. The van der Waals surface area contributed by atoms with E-state index in [0.717, 1.165) is 16.7 Å². The Balaban J connectivity index is 0.00000121. The summed E-state index contributed by atoms with van der Waals surface area (Å²) in [5.74, 6) is 0.153. The van der Waals surface area contributed by atoms with Crippen LogP contribution in [0.15, 0.2) is 18.2 Å². The first-order valence-electron chi connectivity index (χ1n) is 3.53. The summed E-state index contributed by atoms with van der Waals surface area (Å²) in [5.41, 5.74) is 8.40. The van der Waals surface area contributed by atoms with Crippen molar-refractivity contribution in [3.05, 3.63) is 34.9 Å². The van der Waals surface area contributed by atoms with Crippen LogP contribution in [-0.2, 0) is 0 Å². The van der Waals surface area contributed by atoms with Gasteiger partial charge in [0.05, 0.1) is 0 Å². The van der Waals surface area contributed by atoms with Crippen LogP contribution >= 0.6 is 12.4 Å². The SMILES string of the molecule is Cc1cccc(C)c1C(=N)N.Cl. The van der Waals surface area contributed by atoms with Gasteiger partial charge in [-0.1, -0.05) is 18.2 Å². The average Bonchev–Trinajstić information content (AvgIpc) is 1.85. The van der Waals surface area contributed by atoms with Crippen LogP contribution < -0.4 is 5.73 Å². The third kappa shape index (κ3) is 1.98. The van der Waals surface area contributed by atoms with Crippen molar-refractivity contribution in [2.75, 3.05) is 0 Å². The predicted octanol–water partition coefficient (Wildman–Crippen LogP) is 2.01. The third-order valence-electron chi connectivity index (χ3n) is 1.75. The van der Waals surface area contributed by atoms with Gasteiger partial charge in [-0.25, -0.2) is 0 Å². The summed E-state index contributed by atoms with van der Waals surface area (Å²) in [4.78, 5) is 0. The Morgan fingerprint density at radius 1 is 1.25 bits per heavy atom. The highest BCUT2D eigenvalue weighted by Crippen LogP contribution is 2.11. The highest BCUT2D eigenvalue weighted by molar-refractivity contribution is 5.97. The number of benzene rings is 1. The van der Waals surface area contributed by atoms with E-state index < -0.39 is 0 Å². The van der Waals surface area contributed by atoms with Crippen LogP contribution in [0.2, 0.25) is 0 Å². The Hall–Kier alpha value is -1.02. The van der Waals surface area contributed by atoms with E-state index in [1.807, 2.05) is 32.0 Å². The summed E-state index contributed by atoms with van der Waals surface area (Å²) in [6.07, 6.45) is 0. The molecule has 0 aliphatic heterocycles. The second kappa shape index (κ2) is 4.12. The van der Waals surface area contributed by atoms with Crippen molar-refractivity contribution in [1.29, 1.82) is 5.41 Å². The van der Waals surface area contributed by atoms with E-state index >= 15 is 0 Å². The van der Waals surface area contributed by atoms with Gasteiger partial charge in [0.15, 0.2) is 0 Å². The number of nitrogens with two attached hydrogens (primary N) is 1. The van der Waals surface area contributed by atoms with Crippen molar-refractivity contribution >= 4 is 18.2 Å². The largest absolute Gasteiger partial charge is 0.384 e. The maximum atomic E-state index is 7.29. The van der Waals surface area contributed by atoms with Gasteiger partial charge in [0.1, 0.15) is 5.84 Å². The fraction of sp³-hybridized carbons (Fsp3) is 0.222. The van der Waals surface area contributed by atoms with Gasteiger partial charge in [-0.3, -0.25) is 5.41 Å². The van der Waals surface area contributed by atoms with Crippen molar-refractivity contribution in [1.82, 2.24) is 0 Å². The van der Waals surface area contributed by atoms with Gasteiger partial charge < -0.3 is 5.73 Å².